The van der Waals surface area contributed by atoms with Crippen LogP contribution >= 0.6 is 11.8 Å². The molecule has 2 nitrogen and oxygen atoms in total. The first kappa shape index (κ1) is 14.0. The van der Waals surface area contributed by atoms with E-state index < -0.39 is 0 Å². The number of ether oxygens (including phenoxy) is 1. The molecule has 0 aromatic heterocycles. The monoisotopic (exact) mass is 273 g/mol. The van der Waals surface area contributed by atoms with Crippen molar-refractivity contribution < 1.29 is 4.74 Å². The van der Waals surface area contributed by atoms with Crippen LogP contribution < -0.4 is 10.5 Å². The Kier molecular flexibility index (Phi) is 5.31. The van der Waals surface area contributed by atoms with Crippen LogP contribution in [-0.4, -0.2) is 19.4 Å². The van der Waals surface area contributed by atoms with Crippen LogP contribution in [0, 0.1) is 0 Å². The lowest BCUT2D eigenvalue weighted by molar-refractivity contribution is 0.413. The average Bonchev–Trinajstić information content (AvgIpc) is 2.49. The molecule has 0 aliphatic carbocycles. The van der Waals surface area contributed by atoms with Crippen molar-refractivity contribution in [1.82, 2.24) is 0 Å². The van der Waals surface area contributed by atoms with Gasteiger partial charge in [0.05, 0.1) is 7.11 Å². The lowest BCUT2D eigenvalue weighted by atomic mass is 10.0. The van der Waals surface area contributed by atoms with Crippen molar-refractivity contribution in [3.8, 4) is 5.75 Å². The van der Waals surface area contributed by atoms with Crippen LogP contribution in [0.15, 0.2) is 59.5 Å². The number of hydrogen-bond acceptors (Lipinski definition) is 3. The Morgan fingerprint density at radius 3 is 2.58 bits per heavy atom. The molecule has 0 saturated heterocycles. The van der Waals surface area contributed by atoms with E-state index in [1.807, 2.05) is 30.0 Å². The number of nitrogens with two attached hydrogens (primary N) is 1. The summed E-state index contributed by atoms with van der Waals surface area (Å²) in [4.78, 5) is 1.22. The number of benzene rings is 2. The van der Waals surface area contributed by atoms with Gasteiger partial charge in [0.1, 0.15) is 5.75 Å². The Balaban J connectivity index is 2.00. The van der Waals surface area contributed by atoms with Crippen molar-refractivity contribution in [2.75, 3.05) is 19.4 Å². The summed E-state index contributed by atoms with van der Waals surface area (Å²) in [6.45, 7) is 0.668. The Labute approximate surface area is 119 Å². The van der Waals surface area contributed by atoms with Crippen molar-refractivity contribution in [3.63, 3.8) is 0 Å². The van der Waals surface area contributed by atoms with Gasteiger partial charge in [0.15, 0.2) is 0 Å². The van der Waals surface area contributed by atoms with Crippen LogP contribution in [0.5, 0.6) is 5.75 Å². The molecule has 2 N–H and O–H groups in total. The van der Waals surface area contributed by atoms with Gasteiger partial charge in [0, 0.05) is 16.6 Å². The number of hydrogen-bond donors (Lipinski definition) is 1. The van der Waals surface area contributed by atoms with Gasteiger partial charge in [-0.05, 0) is 30.3 Å². The van der Waals surface area contributed by atoms with Crippen LogP contribution in [0.25, 0.3) is 0 Å². The van der Waals surface area contributed by atoms with Gasteiger partial charge in [-0.15, -0.1) is 11.8 Å². The van der Waals surface area contributed by atoms with E-state index in [1.54, 1.807) is 7.11 Å². The third-order valence-electron chi connectivity index (χ3n) is 3.05. The van der Waals surface area contributed by atoms with Crippen LogP contribution in [0.3, 0.4) is 0 Å². The molecule has 1 unspecified atom stereocenters. The van der Waals surface area contributed by atoms with Crippen molar-refractivity contribution in [3.05, 3.63) is 60.2 Å². The largest absolute Gasteiger partial charge is 0.497 e. The molecule has 0 aliphatic heterocycles. The fourth-order valence-electron chi connectivity index (χ4n) is 1.91. The van der Waals surface area contributed by atoms with Gasteiger partial charge < -0.3 is 10.5 Å². The quantitative estimate of drug-likeness (QED) is 0.818. The highest BCUT2D eigenvalue weighted by molar-refractivity contribution is 7.99. The molecule has 0 fully saturated rings. The minimum absolute atomic E-state index is 0.386. The van der Waals surface area contributed by atoms with E-state index in [0.717, 1.165) is 11.5 Å². The van der Waals surface area contributed by atoms with Gasteiger partial charge in [-0.25, -0.2) is 0 Å². The summed E-state index contributed by atoms with van der Waals surface area (Å²) in [5.74, 6) is 2.26. The summed E-state index contributed by atoms with van der Waals surface area (Å²) in [6, 6.07) is 18.6. The summed E-state index contributed by atoms with van der Waals surface area (Å²) in [6.07, 6.45) is 0. The minimum atomic E-state index is 0.386. The Morgan fingerprint density at radius 1 is 1.11 bits per heavy atom. The van der Waals surface area contributed by atoms with E-state index in [1.165, 1.54) is 10.5 Å². The first-order valence-corrected chi connectivity index (χ1v) is 7.34. The molecule has 0 spiro atoms. The van der Waals surface area contributed by atoms with Gasteiger partial charge in [0.2, 0.25) is 0 Å². The van der Waals surface area contributed by atoms with E-state index in [2.05, 4.69) is 36.4 Å². The molecule has 0 heterocycles. The van der Waals surface area contributed by atoms with Crippen LogP contribution in [0.1, 0.15) is 11.5 Å². The van der Waals surface area contributed by atoms with Gasteiger partial charge in [-0.1, -0.05) is 36.4 Å². The Morgan fingerprint density at radius 2 is 1.89 bits per heavy atom. The van der Waals surface area contributed by atoms with E-state index in [0.29, 0.717) is 12.5 Å². The predicted octanol–water partition coefficient (Wildman–Crippen LogP) is 3.53. The first-order valence-electron chi connectivity index (χ1n) is 6.35. The molecule has 0 bridgehead atoms. The molecular weight excluding hydrogens is 254 g/mol. The predicted molar refractivity (Wildman–Crippen MR) is 82.0 cm³/mol. The number of thioether (sulfide) groups is 1. The molecular formula is C16H19NOS. The first-order chi connectivity index (χ1) is 9.33. The van der Waals surface area contributed by atoms with Crippen molar-refractivity contribution >= 4 is 11.8 Å². The molecule has 2 aromatic carbocycles. The van der Waals surface area contributed by atoms with Gasteiger partial charge in [-0.3, -0.25) is 0 Å². The number of methoxy groups -OCH3 is 1. The normalized spacial score (nSPS) is 12.1. The summed E-state index contributed by atoms with van der Waals surface area (Å²) in [7, 11) is 1.69. The standard InChI is InChI=1S/C16H19NOS/c1-18-15-8-5-9-16(10-15)19-12-14(11-17)13-6-3-2-4-7-13/h2-10,14H,11-12,17H2,1H3. The van der Waals surface area contributed by atoms with Crippen LogP contribution in [0.2, 0.25) is 0 Å². The lowest BCUT2D eigenvalue weighted by Gasteiger charge is -2.15. The highest BCUT2D eigenvalue weighted by Gasteiger charge is 2.10. The van der Waals surface area contributed by atoms with E-state index in [4.69, 9.17) is 10.5 Å². The second kappa shape index (κ2) is 7.22. The molecule has 0 saturated carbocycles. The van der Waals surface area contributed by atoms with E-state index in [9.17, 15) is 0 Å². The SMILES string of the molecule is COc1cccc(SCC(CN)c2ccccc2)c1. The second-order valence-corrected chi connectivity index (χ2v) is 5.43. The maximum Gasteiger partial charge on any atom is 0.119 e. The molecule has 2 aromatic rings. The van der Waals surface area contributed by atoms with Crippen molar-refractivity contribution in [2.45, 2.75) is 10.8 Å². The fraction of sp³-hybridized carbons (Fsp3) is 0.250. The topological polar surface area (TPSA) is 35.2 Å². The molecule has 0 amide bonds. The molecule has 100 valence electrons. The zero-order valence-electron chi connectivity index (χ0n) is 11.1. The highest BCUT2D eigenvalue weighted by atomic mass is 32.2. The van der Waals surface area contributed by atoms with Gasteiger partial charge in [0.25, 0.3) is 0 Å². The maximum absolute atomic E-state index is 5.89. The van der Waals surface area contributed by atoms with Gasteiger partial charge in [-0.2, -0.15) is 0 Å². The zero-order chi connectivity index (χ0) is 13.5. The Hall–Kier alpha value is -1.45. The summed E-state index contributed by atoms with van der Waals surface area (Å²) < 4.78 is 5.23. The molecule has 19 heavy (non-hydrogen) atoms. The smallest absolute Gasteiger partial charge is 0.119 e. The van der Waals surface area contributed by atoms with Crippen LogP contribution in [0.4, 0.5) is 0 Å². The zero-order valence-corrected chi connectivity index (χ0v) is 11.9. The second-order valence-electron chi connectivity index (χ2n) is 4.33. The van der Waals surface area contributed by atoms with E-state index >= 15 is 0 Å². The molecule has 0 radical (unpaired) electrons. The molecule has 1 atom stereocenters. The van der Waals surface area contributed by atoms with Gasteiger partial charge >= 0.3 is 0 Å². The van der Waals surface area contributed by atoms with Crippen LogP contribution in [-0.2, 0) is 0 Å². The molecule has 0 aliphatic rings. The average molecular weight is 273 g/mol. The highest BCUT2D eigenvalue weighted by Crippen LogP contribution is 2.27. The minimum Gasteiger partial charge on any atom is -0.497 e. The lowest BCUT2D eigenvalue weighted by Crippen LogP contribution is -2.14. The fourth-order valence-corrected chi connectivity index (χ4v) is 3.01. The summed E-state index contributed by atoms with van der Waals surface area (Å²) in [5.41, 5.74) is 7.19. The summed E-state index contributed by atoms with van der Waals surface area (Å²) in [5, 5.41) is 0. The number of rotatable bonds is 6. The molecule has 2 rings (SSSR count). The van der Waals surface area contributed by atoms with Crippen molar-refractivity contribution in [1.29, 1.82) is 0 Å². The van der Waals surface area contributed by atoms with Crippen molar-refractivity contribution in [2.24, 2.45) is 5.73 Å². The Bertz CT molecular complexity index is 501. The third-order valence-corrected chi connectivity index (χ3v) is 4.20. The third kappa shape index (κ3) is 4.01. The maximum atomic E-state index is 5.89. The van der Waals surface area contributed by atoms with E-state index in [-0.39, 0.29) is 0 Å². The molecule has 3 heteroatoms. The summed E-state index contributed by atoms with van der Waals surface area (Å²) >= 11 is 1.82.